The molecule has 36 heavy (non-hydrogen) atoms. The predicted octanol–water partition coefficient (Wildman–Crippen LogP) is 4.11. The second kappa shape index (κ2) is 13.2. The molecule has 194 valence electrons. The summed E-state index contributed by atoms with van der Waals surface area (Å²) >= 11 is 0. The Morgan fingerprint density at radius 2 is 1.31 bits per heavy atom. The molecule has 11 heteroatoms. The summed E-state index contributed by atoms with van der Waals surface area (Å²) in [4.78, 5) is 15.2. The monoisotopic (exact) mass is 498 g/mol. The number of rotatable bonds is 14. The highest BCUT2D eigenvalue weighted by atomic mass is 16.5. The molecule has 0 aliphatic heterocycles. The minimum atomic E-state index is 0.339. The van der Waals surface area contributed by atoms with Crippen molar-refractivity contribution in [1.82, 2.24) is 19.9 Å². The fourth-order valence-electron chi connectivity index (χ4n) is 3.52. The van der Waals surface area contributed by atoms with Gasteiger partial charge in [-0.25, -0.2) is 9.97 Å². The standard InChI is InChI=1S/C25H34N6O5/c1-7-31(8-2)11-12-36-20-13-17(9-10-19(20)32-3)28-24-26-16-27-25(30-24)29-18-14-21(33-4)23(35-6)22(15-18)34-5/h9-10,13-16H,7-8,11-12H2,1-6H3,(H2,26,27,28,29,30). The second-order valence-corrected chi connectivity index (χ2v) is 7.54. The minimum absolute atomic E-state index is 0.339. The lowest BCUT2D eigenvalue weighted by Crippen LogP contribution is -2.27. The topological polar surface area (TPSA) is 112 Å². The lowest BCUT2D eigenvalue weighted by Gasteiger charge is -2.19. The average molecular weight is 499 g/mol. The summed E-state index contributed by atoms with van der Waals surface area (Å²) < 4.78 is 27.6. The third-order valence-electron chi connectivity index (χ3n) is 5.47. The number of hydrogen-bond acceptors (Lipinski definition) is 11. The van der Waals surface area contributed by atoms with Crippen LogP contribution < -0.4 is 34.3 Å². The van der Waals surface area contributed by atoms with Crippen LogP contribution in [-0.4, -0.2) is 74.5 Å². The summed E-state index contributed by atoms with van der Waals surface area (Å²) in [5.41, 5.74) is 1.41. The van der Waals surface area contributed by atoms with Crippen LogP contribution in [0, 0.1) is 0 Å². The molecule has 3 aromatic rings. The normalized spacial score (nSPS) is 10.6. The first-order valence-electron chi connectivity index (χ1n) is 11.6. The first-order chi connectivity index (χ1) is 17.5. The number of methoxy groups -OCH3 is 4. The molecule has 2 aromatic carbocycles. The van der Waals surface area contributed by atoms with Gasteiger partial charge in [-0.05, 0) is 25.2 Å². The Morgan fingerprint density at radius 1 is 0.722 bits per heavy atom. The molecule has 0 bridgehead atoms. The van der Waals surface area contributed by atoms with E-state index in [0.717, 1.165) is 25.3 Å². The van der Waals surface area contributed by atoms with Gasteiger partial charge in [0.1, 0.15) is 12.9 Å². The zero-order chi connectivity index (χ0) is 25.9. The van der Waals surface area contributed by atoms with E-state index < -0.39 is 0 Å². The van der Waals surface area contributed by atoms with Crippen LogP contribution in [0.5, 0.6) is 28.7 Å². The molecule has 1 aromatic heterocycles. The molecule has 0 saturated heterocycles. The molecule has 0 aliphatic carbocycles. The Morgan fingerprint density at radius 3 is 1.86 bits per heavy atom. The van der Waals surface area contributed by atoms with Crippen molar-refractivity contribution in [3.05, 3.63) is 36.7 Å². The smallest absolute Gasteiger partial charge is 0.232 e. The highest BCUT2D eigenvalue weighted by Gasteiger charge is 2.14. The Labute approximate surface area is 211 Å². The predicted molar refractivity (Wildman–Crippen MR) is 139 cm³/mol. The fourth-order valence-corrected chi connectivity index (χ4v) is 3.52. The van der Waals surface area contributed by atoms with Gasteiger partial charge in [0.25, 0.3) is 0 Å². The van der Waals surface area contributed by atoms with E-state index in [0.29, 0.717) is 52.9 Å². The Balaban J connectivity index is 1.75. The maximum Gasteiger partial charge on any atom is 0.232 e. The largest absolute Gasteiger partial charge is 0.493 e. The zero-order valence-electron chi connectivity index (χ0n) is 21.6. The van der Waals surface area contributed by atoms with Gasteiger partial charge in [0.15, 0.2) is 23.0 Å². The van der Waals surface area contributed by atoms with Gasteiger partial charge in [-0.2, -0.15) is 4.98 Å². The van der Waals surface area contributed by atoms with Crippen molar-refractivity contribution in [2.45, 2.75) is 13.8 Å². The number of likely N-dealkylation sites (N-methyl/N-ethyl adjacent to an activating group) is 1. The minimum Gasteiger partial charge on any atom is -0.493 e. The van der Waals surface area contributed by atoms with Crippen LogP contribution in [0.3, 0.4) is 0 Å². The van der Waals surface area contributed by atoms with E-state index in [4.69, 9.17) is 23.7 Å². The van der Waals surface area contributed by atoms with Crippen LogP contribution >= 0.6 is 0 Å². The van der Waals surface area contributed by atoms with E-state index >= 15 is 0 Å². The third-order valence-corrected chi connectivity index (χ3v) is 5.47. The number of benzene rings is 2. The Hall–Kier alpha value is -3.99. The van der Waals surface area contributed by atoms with Crippen molar-refractivity contribution < 1.29 is 23.7 Å². The molecule has 0 saturated carbocycles. The van der Waals surface area contributed by atoms with Crippen molar-refractivity contribution >= 4 is 23.3 Å². The van der Waals surface area contributed by atoms with Crippen LogP contribution in [0.1, 0.15) is 13.8 Å². The number of hydrogen-bond donors (Lipinski definition) is 2. The molecule has 0 amide bonds. The van der Waals surface area contributed by atoms with E-state index in [1.54, 1.807) is 40.6 Å². The summed E-state index contributed by atoms with van der Waals surface area (Å²) in [5.74, 6) is 3.51. The summed E-state index contributed by atoms with van der Waals surface area (Å²) in [6.45, 7) is 7.60. The van der Waals surface area contributed by atoms with Gasteiger partial charge in [-0.1, -0.05) is 13.8 Å². The van der Waals surface area contributed by atoms with Gasteiger partial charge in [0.05, 0.1) is 28.4 Å². The number of nitrogens with zero attached hydrogens (tertiary/aromatic N) is 4. The first kappa shape index (κ1) is 26.6. The van der Waals surface area contributed by atoms with Gasteiger partial charge < -0.3 is 39.2 Å². The molecular formula is C25H34N6O5. The van der Waals surface area contributed by atoms with Crippen LogP contribution in [0.2, 0.25) is 0 Å². The highest BCUT2D eigenvalue weighted by Crippen LogP contribution is 2.40. The zero-order valence-corrected chi connectivity index (χ0v) is 21.6. The molecule has 0 unspecified atom stereocenters. The number of nitrogens with one attached hydrogen (secondary N) is 2. The first-order valence-corrected chi connectivity index (χ1v) is 11.6. The van der Waals surface area contributed by atoms with Gasteiger partial charge in [-0.15, -0.1) is 0 Å². The van der Waals surface area contributed by atoms with Gasteiger partial charge >= 0.3 is 0 Å². The third kappa shape index (κ3) is 6.79. The average Bonchev–Trinajstić information content (AvgIpc) is 2.90. The molecule has 3 rings (SSSR count). The van der Waals surface area contributed by atoms with E-state index in [9.17, 15) is 0 Å². The molecule has 0 fully saturated rings. The summed E-state index contributed by atoms with van der Waals surface area (Å²) in [6.07, 6.45) is 1.42. The van der Waals surface area contributed by atoms with Gasteiger partial charge in [0, 0.05) is 36.1 Å². The maximum atomic E-state index is 6.00. The Kier molecular flexibility index (Phi) is 9.75. The van der Waals surface area contributed by atoms with Crippen LogP contribution in [0.25, 0.3) is 0 Å². The van der Waals surface area contributed by atoms with Gasteiger partial charge in [0.2, 0.25) is 17.6 Å². The number of ether oxygens (including phenoxy) is 5. The SMILES string of the molecule is CCN(CC)CCOc1cc(Nc2ncnc(Nc3cc(OC)c(OC)c(OC)c3)n2)ccc1OC. The van der Waals surface area contributed by atoms with Crippen LogP contribution in [0.15, 0.2) is 36.7 Å². The van der Waals surface area contributed by atoms with E-state index in [1.807, 2.05) is 18.2 Å². The molecule has 0 aliphatic rings. The molecular weight excluding hydrogens is 464 g/mol. The number of aromatic nitrogens is 3. The lowest BCUT2D eigenvalue weighted by atomic mass is 10.2. The molecule has 1 heterocycles. The summed E-state index contributed by atoms with van der Waals surface area (Å²) in [5, 5.41) is 6.33. The fraction of sp³-hybridized carbons (Fsp3) is 0.400. The van der Waals surface area contributed by atoms with Crippen LogP contribution in [0.4, 0.5) is 23.3 Å². The summed E-state index contributed by atoms with van der Waals surface area (Å²) in [7, 11) is 6.29. The van der Waals surface area contributed by atoms with E-state index in [1.165, 1.54) is 6.33 Å². The molecule has 0 atom stereocenters. The van der Waals surface area contributed by atoms with Crippen molar-refractivity contribution in [2.24, 2.45) is 0 Å². The maximum absolute atomic E-state index is 6.00. The molecule has 0 radical (unpaired) electrons. The quantitative estimate of drug-likeness (QED) is 0.335. The van der Waals surface area contributed by atoms with Crippen molar-refractivity contribution in [2.75, 3.05) is 65.3 Å². The van der Waals surface area contributed by atoms with Crippen molar-refractivity contribution in [1.29, 1.82) is 0 Å². The van der Waals surface area contributed by atoms with E-state index in [-0.39, 0.29) is 0 Å². The van der Waals surface area contributed by atoms with Crippen molar-refractivity contribution in [3.63, 3.8) is 0 Å². The molecule has 2 N–H and O–H groups in total. The molecule has 11 nitrogen and oxygen atoms in total. The highest BCUT2D eigenvalue weighted by molar-refractivity contribution is 5.66. The summed E-state index contributed by atoms with van der Waals surface area (Å²) in [6, 6.07) is 9.10. The van der Waals surface area contributed by atoms with Crippen LogP contribution in [-0.2, 0) is 0 Å². The van der Waals surface area contributed by atoms with E-state index in [2.05, 4.69) is 44.3 Å². The lowest BCUT2D eigenvalue weighted by molar-refractivity contribution is 0.217. The number of anilines is 4. The second-order valence-electron chi connectivity index (χ2n) is 7.54. The van der Waals surface area contributed by atoms with Gasteiger partial charge in [-0.3, -0.25) is 0 Å². The molecule has 0 spiro atoms. The van der Waals surface area contributed by atoms with Crippen molar-refractivity contribution in [3.8, 4) is 28.7 Å². The Bertz CT molecular complexity index is 1100.